The van der Waals surface area contributed by atoms with E-state index in [4.69, 9.17) is 9.47 Å². The maximum absolute atomic E-state index is 14.2. The third-order valence-corrected chi connectivity index (χ3v) is 5.74. The van der Waals surface area contributed by atoms with Crippen LogP contribution in [-0.4, -0.2) is 29.4 Å². The lowest BCUT2D eigenvalue weighted by Gasteiger charge is -2.16. The zero-order valence-electron chi connectivity index (χ0n) is 17.6. The second-order valence-electron chi connectivity index (χ2n) is 6.99. The highest BCUT2D eigenvalue weighted by atomic mass is 32.2. The first-order chi connectivity index (χ1) is 14.9. The summed E-state index contributed by atoms with van der Waals surface area (Å²) in [6.07, 6.45) is 0. The van der Waals surface area contributed by atoms with Crippen molar-refractivity contribution in [3.05, 3.63) is 86.8 Å². The Balaban J connectivity index is 1.63. The number of methoxy groups -OCH3 is 1. The molecule has 5 nitrogen and oxygen atoms in total. The maximum Gasteiger partial charge on any atom is 0.254 e. The lowest BCUT2D eigenvalue weighted by molar-refractivity contribution is 0.136. The number of nitrogens with zero attached hydrogens (tertiary/aromatic N) is 1. The highest BCUT2D eigenvalue weighted by molar-refractivity contribution is 7.99. The fourth-order valence-corrected chi connectivity index (χ4v) is 3.91. The Morgan fingerprint density at radius 1 is 1.13 bits per heavy atom. The summed E-state index contributed by atoms with van der Waals surface area (Å²) in [4.78, 5) is 19.5. The quantitative estimate of drug-likeness (QED) is 0.290. The Labute approximate surface area is 183 Å². The minimum atomic E-state index is -0.700. The van der Waals surface area contributed by atoms with Gasteiger partial charge in [-0.25, -0.2) is 13.8 Å². The lowest BCUT2D eigenvalue weighted by atomic mass is 9.94. The number of thioether (sulfide) groups is 1. The first kappa shape index (κ1) is 23.0. The van der Waals surface area contributed by atoms with Crippen LogP contribution >= 0.6 is 11.8 Å². The predicted molar refractivity (Wildman–Crippen MR) is 117 cm³/mol. The van der Waals surface area contributed by atoms with Crippen LogP contribution in [0.15, 0.2) is 52.4 Å². The van der Waals surface area contributed by atoms with Gasteiger partial charge in [-0.05, 0) is 36.8 Å². The van der Waals surface area contributed by atoms with E-state index in [-0.39, 0.29) is 11.1 Å². The zero-order valence-corrected chi connectivity index (χ0v) is 18.4. The second kappa shape index (κ2) is 10.5. The van der Waals surface area contributed by atoms with E-state index in [0.29, 0.717) is 35.4 Å². The molecular formula is C23H24F2N2O3S. The highest BCUT2D eigenvalue weighted by Crippen LogP contribution is 2.29. The van der Waals surface area contributed by atoms with E-state index in [1.807, 2.05) is 24.3 Å². The van der Waals surface area contributed by atoms with Crippen LogP contribution in [0, 0.1) is 18.6 Å². The molecule has 1 heterocycles. The number of hydrogen-bond donors (Lipinski definition) is 1. The minimum absolute atomic E-state index is 0.0949. The number of H-pyrrole nitrogens is 1. The molecule has 0 aliphatic carbocycles. The van der Waals surface area contributed by atoms with Crippen molar-refractivity contribution in [3.63, 3.8) is 0 Å². The average Bonchev–Trinajstić information content (AvgIpc) is 2.76. The summed E-state index contributed by atoms with van der Waals surface area (Å²) < 4.78 is 39.2. The fourth-order valence-electron chi connectivity index (χ4n) is 3.19. The highest BCUT2D eigenvalue weighted by Gasteiger charge is 2.22. The summed E-state index contributed by atoms with van der Waals surface area (Å²) in [5, 5.41) is 0.391. The minimum Gasteiger partial charge on any atom is -0.497 e. The van der Waals surface area contributed by atoms with E-state index in [2.05, 4.69) is 9.97 Å². The molecule has 0 radical (unpaired) electrons. The van der Waals surface area contributed by atoms with Gasteiger partial charge in [-0.1, -0.05) is 36.9 Å². The summed E-state index contributed by atoms with van der Waals surface area (Å²) >= 11 is 1.32. The topological polar surface area (TPSA) is 64.2 Å². The molecule has 3 aromatic rings. The molecule has 0 saturated carbocycles. The van der Waals surface area contributed by atoms with Gasteiger partial charge in [0.15, 0.2) is 5.16 Å². The molecule has 0 fully saturated rings. The van der Waals surface area contributed by atoms with Crippen molar-refractivity contribution < 1.29 is 18.3 Å². The van der Waals surface area contributed by atoms with Gasteiger partial charge >= 0.3 is 0 Å². The van der Waals surface area contributed by atoms with E-state index in [1.165, 1.54) is 30.0 Å². The largest absolute Gasteiger partial charge is 0.497 e. The Hall–Kier alpha value is -2.71. The van der Waals surface area contributed by atoms with Crippen LogP contribution in [0.1, 0.15) is 35.2 Å². The van der Waals surface area contributed by atoms with Crippen molar-refractivity contribution in [3.8, 4) is 5.75 Å². The van der Waals surface area contributed by atoms with Crippen molar-refractivity contribution >= 4 is 11.8 Å². The molecule has 1 atom stereocenters. The van der Waals surface area contributed by atoms with Crippen molar-refractivity contribution in [2.24, 2.45) is 0 Å². The normalized spacial score (nSPS) is 12.0. The molecule has 0 aliphatic heterocycles. The van der Waals surface area contributed by atoms with Crippen molar-refractivity contribution in [2.75, 3.05) is 19.5 Å². The van der Waals surface area contributed by atoms with E-state index in [1.54, 1.807) is 21.0 Å². The molecule has 1 unspecified atom stereocenters. The van der Waals surface area contributed by atoms with E-state index in [0.717, 1.165) is 11.3 Å². The molecule has 1 N–H and O–H groups in total. The third-order valence-electron chi connectivity index (χ3n) is 4.90. The van der Waals surface area contributed by atoms with Gasteiger partial charge in [-0.2, -0.15) is 0 Å². The average molecular weight is 447 g/mol. The number of halogens is 2. The second-order valence-corrected chi connectivity index (χ2v) is 8.07. The first-order valence-corrected chi connectivity index (χ1v) is 10.8. The molecule has 164 valence electrons. The molecule has 1 aromatic heterocycles. The van der Waals surface area contributed by atoms with Gasteiger partial charge in [0.05, 0.1) is 26.0 Å². The van der Waals surface area contributed by atoms with Gasteiger partial charge in [-0.15, -0.1) is 0 Å². The monoisotopic (exact) mass is 446 g/mol. The van der Waals surface area contributed by atoms with E-state index < -0.39 is 17.6 Å². The standard InChI is InChI=1S/C23H24F2N2O3S/c1-14(20-18(24)5-4-6-19(20)25)21-15(2)22(28)27-23(26-21)31-12-11-30-13-16-7-9-17(29-3)10-8-16/h4-10,14H,11-13H2,1-3H3,(H,26,27,28). The molecule has 2 aromatic carbocycles. The molecule has 0 aliphatic rings. The first-order valence-electron chi connectivity index (χ1n) is 9.79. The van der Waals surface area contributed by atoms with Gasteiger partial charge in [0.1, 0.15) is 17.4 Å². The van der Waals surface area contributed by atoms with Crippen molar-refractivity contribution in [1.29, 1.82) is 0 Å². The van der Waals surface area contributed by atoms with Gasteiger partial charge < -0.3 is 14.5 Å². The van der Waals surface area contributed by atoms with Crippen molar-refractivity contribution in [1.82, 2.24) is 9.97 Å². The number of aromatic nitrogens is 2. The molecule has 0 amide bonds. The third kappa shape index (κ3) is 5.71. The van der Waals surface area contributed by atoms with Crippen LogP contribution in [0.2, 0.25) is 0 Å². The molecular weight excluding hydrogens is 422 g/mol. The number of benzene rings is 2. The number of ether oxygens (including phenoxy) is 2. The lowest BCUT2D eigenvalue weighted by Crippen LogP contribution is -2.19. The zero-order chi connectivity index (χ0) is 22.4. The predicted octanol–water partition coefficient (Wildman–Crippen LogP) is 4.83. The van der Waals surface area contributed by atoms with Gasteiger partial charge in [0.2, 0.25) is 0 Å². The Morgan fingerprint density at radius 3 is 2.45 bits per heavy atom. The molecule has 0 spiro atoms. The SMILES string of the molecule is COc1ccc(COCCSc2nc(C(C)c3c(F)cccc3F)c(C)c(=O)[nH]2)cc1. The van der Waals surface area contributed by atoms with Crippen LogP contribution in [0.25, 0.3) is 0 Å². The molecule has 3 rings (SSSR count). The van der Waals surface area contributed by atoms with Crippen LogP contribution in [-0.2, 0) is 11.3 Å². The summed E-state index contributed by atoms with van der Waals surface area (Å²) in [5.41, 5.74) is 1.30. The molecule has 8 heteroatoms. The Bertz CT molecular complexity index is 1070. The Morgan fingerprint density at radius 2 is 1.81 bits per heavy atom. The number of hydrogen-bond acceptors (Lipinski definition) is 5. The number of nitrogens with one attached hydrogen (secondary N) is 1. The van der Waals surface area contributed by atoms with Crippen molar-refractivity contribution in [2.45, 2.75) is 31.5 Å². The van der Waals surface area contributed by atoms with E-state index >= 15 is 0 Å². The smallest absolute Gasteiger partial charge is 0.254 e. The maximum atomic E-state index is 14.2. The van der Waals surface area contributed by atoms with Crippen LogP contribution in [0.4, 0.5) is 8.78 Å². The molecule has 0 bridgehead atoms. The van der Waals surface area contributed by atoms with Crippen LogP contribution < -0.4 is 10.3 Å². The van der Waals surface area contributed by atoms with Gasteiger partial charge in [0, 0.05) is 22.8 Å². The van der Waals surface area contributed by atoms with Crippen LogP contribution in [0.3, 0.4) is 0 Å². The van der Waals surface area contributed by atoms with Crippen LogP contribution in [0.5, 0.6) is 5.75 Å². The number of rotatable bonds is 9. The summed E-state index contributed by atoms with van der Waals surface area (Å²) in [6, 6.07) is 11.3. The Kier molecular flexibility index (Phi) is 7.81. The summed E-state index contributed by atoms with van der Waals surface area (Å²) in [7, 11) is 1.62. The van der Waals surface area contributed by atoms with Gasteiger partial charge in [-0.3, -0.25) is 4.79 Å². The van der Waals surface area contributed by atoms with Gasteiger partial charge in [0.25, 0.3) is 5.56 Å². The molecule has 0 saturated heterocycles. The summed E-state index contributed by atoms with van der Waals surface area (Å²) in [5.74, 6) is -0.669. The molecule has 31 heavy (non-hydrogen) atoms. The number of aromatic amines is 1. The fraction of sp³-hybridized carbons (Fsp3) is 0.304. The van der Waals surface area contributed by atoms with E-state index in [9.17, 15) is 13.6 Å². The summed E-state index contributed by atoms with van der Waals surface area (Å²) in [6.45, 7) is 4.14.